The Balaban J connectivity index is 2.45. The molecule has 0 unspecified atom stereocenters. The first-order valence-corrected chi connectivity index (χ1v) is 2.56. The molecular formula is C5H8N3O. The van der Waals surface area contributed by atoms with Gasteiger partial charge in [-0.15, -0.1) is 0 Å². The monoisotopic (exact) mass is 126 g/mol. The molecule has 1 rings (SSSR count). The van der Waals surface area contributed by atoms with Gasteiger partial charge in [-0.05, 0) is 0 Å². The molecule has 0 aromatic carbocycles. The van der Waals surface area contributed by atoms with Crippen molar-refractivity contribution in [2.75, 3.05) is 14.2 Å². The zero-order valence-corrected chi connectivity index (χ0v) is 5.40. The van der Waals surface area contributed by atoms with E-state index in [2.05, 4.69) is 10.3 Å². The molecule has 0 saturated carbocycles. The second-order valence-corrected chi connectivity index (χ2v) is 1.54. The molecule has 0 N–H and O–H groups in total. The Morgan fingerprint density at radius 1 is 1.56 bits per heavy atom. The quantitative estimate of drug-likeness (QED) is 0.461. The van der Waals surface area contributed by atoms with E-state index in [0.29, 0.717) is 5.96 Å². The van der Waals surface area contributed by atoms with E-state index in [1.165, 1.54) is 5.06 Å². The van der Waals surface area contributed by atoms with Crippen LogP contribution in [-0.4, -0.2) is 25.2 Å². The Morgan fingerprint density at radius 3 is 2.78 bits per heavy atom. The van der Waals surface area contributed by atoms with E-state index in [4.69, 9.17) is 4.84 Å². The molecule has 0 aromatic rings. The van der Waals surface area contributed by atoms with Crippen LogP contribution in [0.15, 0.2) is 17.4 Å². The summed E-state index contributed by atoms with van der Waals surface area (Å²) in [5.74, 6) is 0.581. The number of rotatable bonds is 1. The molecule has 1 radical (unpaired) electrons. The first kappa shape index (κ1) is 6.10. The van der Waals surface area contributed by atoms with Gasteiger partial charge in [-0.25, -0.2) is 15.4 Å². The maximum Gasteiger partial charge on any atom is 0.249 e. The van der Waals surface area contributed by atoms with E-state index in [1.807, 2.05) is 0 Å². The molecule has 4 heteroatoms. The van der Waals surface area contributed by atoms with Gasteiger partial charge in [0.1, 0.15) is 0 Å². The summed E-state index contributed by atoms with van der Waals surface area (Å²) in [6.45, 7) is 0. The van der Waals surface area contributed by atoms with Gasteiger partial charge in [0.05, 0.1) is 7.11 Å². The summed E-state index contributed by atoms with van der Waals surface area (Å²) >= 11 is 0. The first-order chi connectivity index (χ1) is 4.34. The maximum atomic E-state index is 4.80. The molecule has 1 aliphatic heterocycles. The molecule has 4 nitrogen and oxygen atoms in total. The highest BCUT2D eigenvalue weighted by Gasteiger charge is 2.06. The predicted molar refractivity (Wildman–Crippen MR) is 33.5 cm³/mol. The zero-order chi connectivity index (χ0) is 6.69. The summed E-state index contributed by atoms with van der Waals surface area (Å²) in [5.41, 5.74) is 0. The summed E-state index contributed by atoms with van der Waals surface area (Å²) in [6, 6.07) is 0. The van der Waals surface area contributed by atoms with Gasteiger partial charge in [0.25, 0.3) is 0 Å². The molecule has 0 aromatic heterocycles. The Morgan fingerprint density at radius 2 is 2.33 bits per heavy atom. The van der Waals surface area contributed by atoms with Gasteiger partial charge in [0, 0.05) is 19.4 Å². The number of hydroxylamine groups is 2. The van der Waals surface area contributed by atoms with Crippen LogP contribution in [0.5, 0.6) is 0 Å². The molecule has 0 amide bonds. The lowest BCUT2D eigenvalue weighted by atomic mass is 10.9. The first-order valence-electron chi connectivity index (χ1n) is 2.56. The molecule has 9 heavy (non-hydrogen) atoms. The van der Waals surface area contributed by atoms with Crippen molar-refractivity contribution < 1.29 is 4.84 Å². The summed E-state index contributed by atoms with van der Waals surface area (Å²) < 4.78 is 0. The molecule has 0 fully saturated rings. The van der Waals surface area contributed by atoms with Crippen LogP contribution in [0.1, 0.15) is 0 Å². The van der Waals surface area contributed by atoms with Crippen LogP contribution >= 0.6 is 0 Å². The minimum atomic E-state index is 0.581. The van der Waals surface area contributed by atoms with Crippen LogP contribution in [0, 0.1) is 0 Å². The lowest BCUT2D eigenvalue weighted by Crippen LogP contribution is -2.29. The van der Waals surface area contributed by atoms with Crippen molar-refractivity contribution in [3.63, 3.8) is 0 Å². The summed E-state index contributed by atoms with van der Waals surface area (Å²) in [6.07, 6.45) is 3.23. The minimum absolute atomic E-state index is 0.581. The fourth-order valence-corrected chi connectivity index (χ4v) is 0.478. The topological polar surface area (TPSA) is 38.9 Å². The van der Waals surface area contributed by atoms with E-state index in [0.717, 1.165) is 0 Å². The third-order valence-electron chi connectivity index (χ3n) is 1.00. The van der Waals surface area contributed by atoms with Crippen molar-refractivity contribution in [2.45, 2.75) is 0 Å². The van der Waals surface area contributed by atoms with Crippen LogP contribution in [0.4, 0.5) is 0 Å². The van der Waals surface area contributed by atoms with Crippen LogP contribution in [-0.2, 0) is 4.84 Å². The number of hydrogen-bond acceptors (Lipinski definition) is 3. The Hall–Kier alpha value is -1.03. The van der Waals surface area contributed by atoms with Gasteiger partial charge >= 0.3 is 0 Å². The minimum Gasteiger partial charge on any atom is -0.274 e. The van der Waals surface area contributed by atoms with E-state index in [-0.39, 0.29) is 0 Å². The maximum absolute atomic E-state index is 4.80. The molecule has 0 atom stereocenters. The average Bonchev–Trinajstić information content (AvgIpc) is 2.37. The summed E-state index contributed by atoms with van der Waals surface area (Å²) in [4.78, 5) is 8.68. The highest BCUT2D eigenvalue weighted by Crippen LogP contribution is 1.93. The van der Waals surface area contributed by atoms with E-state index >= 15 is 0 Å². The van der Waals surface area contributed by atoms with Crippen molar-refractivity contribution in [1.82, 2.24) is 10.4 Å². The summed E-state index contributed by atoms with van der Waals surface area (Å²) in [7, 11) is 3.31. The lowest BCUT2D eigenvalue weighted by Gasteiger charge is -2.12. The van der Waals surface area contributed by atoms with Crippen LogP contribution < -0.4 is 5.32 Å². The van der Waals surface area contributed by atoms with Crippen LogP contribution in [0.3, 0.4) is 0 Å². The number of guanidine groups is 1. The SMILES string of the molecule is CON(C)C1=NC=C[N]1. The molecule has 0 spiro atoms. The molecular weight excluding hydrogens is 118 g/mol. The van der Waals surface area contributed by atoms with Crippen molar-refractivity contribution >= 4 is 5.96 Å². The molecule has 1 heterocycles. The molecule has 0 bridgehead atoms. The highest BCUT2D eigenvalue weighted by atomic mass is 16.7. The van der Waals surface area contributed by atoms with Gasteiger partial charge in [0.2, 0.25) is 5.96 Å². The van der Waals surface area contributed by atoms with Gasteiger partial charge in [-0.1, -0.05) is 0 Å². The third-order valence-corrected chi connectivity index (χ3v) is 1.00. The van der Waals surface area contributed by atoms with Crippen molar-refractivity contribution in [3.8, 4) is 0 Å². The zero-order valence-electron chi connectivity index (χ0n) is 5.40. The van der Waals surface area contributed by atoms with Crippen molar-refractivity contribution in [1.29, 1.82) is 0 Å². The molecule has 0 aliphatic carbocycles. The van der Waals surface area contributed by atoms with Crippen LogP contribution in [0.2, 0.25) is 0 Å². The van der Waals surface area contributed by atoms with E-state index < -0.39 is 0 Å². The van der Waals surface area contributed by atoms with Crippen molar-refractivity contribution in [2.24, 2.45) is 4.99 Å². The fraction of sp³-hybridized carbons (Fsp3) is 0.400. The number of nitrogens with zero attached hydrogens (tertiary/aromatic N) is 3. The largest absolute Gasteiger partial charge is 0.274 e. The van der Waals surface area contributed by atoms with E-state index in [9.17, 15) is 0 Å². The Kier molecular flexibility index (Phi) is 1.69. The fourth-order valence-electron chi connectivity index (χ4n) is 0.478. The Labute approximate surface area is 53.8 Å². The predicted octanol–water partition coefficient (Wildman–Crippen LogP) is -0.0752. The summed E-state index contributed by atoms with van der Waals surface area (Å²) in [5, 5.41) is 5.36. The van der Waals surface area contributed by atoms with Crippen LogP contribution in [0.25, 0.3) is 0 Å². The molecule has 0 saturated heterocycles. The van der Waals surface area contributed by atoms with Crippen molar-refractivity contribution in [3.05, 3.63) is 12.4 Å². The van der Waals surface area contributed by atoms with Gasteiger partial charge in [-0.2, -0.15) is 0 Å². The lowest BCUT2D eigenvalue weighted by molar-refractivity contribution is -0.0442. The standard InChI is InChI=1S/C5H8N3O/c1-8(9-2)5-6-3-4-7-5/h3-4H,1-2H3. The molecule has 1 aliphatic rings. The average molecular weight is 126 g/mol. The number of hydrogen-bond donors (Lipinski definition) is 0. The normalized spacial score (nSPS) is 15.1. The van der Waals surface area contributed by atoms with Gasteiger partial charge in [0.15, 0.2) is 0 Å². The van der Waals surface area contributed by atoms with Gasteiger partial charge in [-0.3, -0.25) is 4.84 Å². The second-order valence-electron chi connectivity index (χ2n) is 1.54. The molecule has 49 valence electrons. The van der Waals surface area contributed by atoms with Gasteiger partial charge < -0.3 is 0 Å². The van der Waals surface area contributed by atoms with E-state index in [1.54, 1.807) is 26.6 Å². The second kappa shape index (κ2) is 2.50. The highest BCUT2D eigenvalue weighted by molar-refractivity contribution is 5.81. The third kappa shape index (κ3) is 1.20. The number of aliphatic imine (C=N–C) groups is 1. The Bertz CT molecular complexity index is 152. The smallest absolute Gasteiger partial charge is 0.249 e.